The Balaban J connectivity index is 2.02. The normalized spacial score (nSPS) is 10.5. The van der Waals surface area contributed by atoms with E-state index in [0.717, 1.165) is 25.9 Å². The van der Waals surface area contributed by atoms with Gasteiger partial charge in [-0.25, -0.2) is 0 Å². The first kappa shape index (κ1) is 14.6. The van der Waals surface area contributed by atoms with Crippen LogP contribution in [0.5, 0.6) is 0 Å². The smallest absolute Gasteiger partial charge is 0.0366 e. The molecule has 0 aliphatic rings. The van der Waals surface area contributed by atoms with E-state index in [-0.39, 0.29) is 0 Å². The Hall–Kier alpha value is -1.80. The van der Waals surface area contributed by atoms with Crippen molar-refractivity contribution in [3.05, 3.63) is 65.7 Å². The highest BCUT2D eigenvalue weighted by molar-refractivity contribution is 5.47. The molecule has 0 saturated carbocycles. The van der Waals surface area contributed by atoms with Gasteiger partial charge in [0.05, 0.1) is 0 Å². The average molecular weight is 268 g/mol. The Morgan fingerprint density at radius 1 is 0.850 bits per heavy atom. The molecule has 0 saturated heterocycles. The fourth-order valence-electron chi connectivity index (χ4n) is 2.39. The molecule has 0 bridgehead atoms. The molecular formula is C18H24N2. The van der Waals surface area contributed by atoms with Crippen molar-refractivity contribution < 1.29 is 0 Å². The van der Waals surface area contributed by atoms with Gasteiger partial charge in [-0.05, 0) is 36.1 Å². The number of rotatable bonds is 7. The van der Waals surface area contributed by atoms with Crippen LogP contribution >= 0.6 is 0 Å². The molecule has 0 spiro atoms. The predicted octanol–water partition coefficient (Wildman–Crippen LogP) is 3.60. The third kappa shape index (κ3) is 4.10. The Morgan fingerprint density at radius 3 is 2.15 bits per heavy atom. The minimum Gasteiger partial charge on any atom is -0.371 e. The van der Waals surface area contributed by atoms with Crippen LogP contribution in [-0.2, 0) is 13.0 Å². The molecular weight excluding hydrogens is 244 g/mol. The maximum atomic E-state index is 5.66. The highest BCUT2D eigenvalue weighted by Crippen LogP contribution is 2.16. The number of hydrogen-bond donors (Lipinski definition) is 1. The lowest BCUT2D eigenvalue weighted by atomic mass is 10.1. The summed E-state index contributed by atoms with van der Waals surface area (Å²) < 4.78 is 0. The first-order valence-corrected chi connectivity index (χ1v) is 7.41. The largest absolute Gasteiger partial charge is 0.371 e. The van der Waals surface area contributed by atoms with Crippen molar-refractivity contribution in [2.24, 2.45) is 5.73 Å². The quantitative estimate of drug-likeness (QED) is 0.831. The maximum absolute atomic E-state index is 5.66. The molecule has 2 heteroatoms. The van der Waals surface area contributed by atoms with Gasteiger partial charge in [0.15, 0.2) is 0 Å². The molecule has 0 aromatic heterocycles. The Labute approximate surface area is 122 Å². The molecule has 2 aromatic carbocycles. The zero-order chi connectivity index (χ0) is 14.2. The second-order valence-corrected chi connectivity index (χ2v) is 5.09. The Bertz CT molecular complexity index is 491. The highest BCUT2D eigenvalue weighted by Gasteiger charge is 2.05. The molecule has 2 rings (SSSR count). The lowest BCUT2D eigenvalue weighted by Crippen LogP contribution is -2.26. The third-order valence-electron chi connectivity index (χ3n) is 3.54. The van der Waals surface area contributed by atoms with Gasteiger partial charge in [-0.2, -0.15) is 0 Å². The van der Waals surface area contributed by atoms with Gasteiger partial charge >= 0.3 is 0 Å². The molecule has 20 heavy (non-hydrogen) atoms. The number of anilines is 1. The van der Waals surface area contributed by atoms with Gasteiger partial charge in [0.1, 0.15) is 0 Å². The molecule has 0 radical (unpaired) electrons. The van der Waals surface area contributed by atoms with E-state index >= 15 is 0 Å². The van der Waals surface area contributed by atoms with E-state index in [1.807, 2.05) is 0 Å². The van der Waals surface area contributed by atoms with Crippen molar-refractivity contribution >= 4 is 5.69 Å². The van der Waals surface area contributed by atoms with Gasteiger partial charge in [-0.1, -0.05) is 49.4 Å². The van der Waals surface area contributed by atoms with Gasteiger partial charge in [0.2, 0.25) is 0 Å². The molecule has 0 aliphatic carbocycles. The molecule has 106 valence electrons. The predicted molar refractivity (Wildman–Crippen MR) is 87.0 cm³/mol. The van der Waals surface area contributed by atoms with E-state index in [1.54, 1.807) is 0 Å². The second-order valence-electron chi connectivity index (χ2n) is 5.09. The summed E-state index contributed by atoms with van der Waals surface area (Å²) in [5.74, 6) is 0. The Kier molecular flexibility index (Phi) is 5.63. The third-order valence-corrected chi connectivity index (χ3v) is 3.54. The molecule has 2 aromatic rings. The molecule has 2 nitrogen and oxygen atoms in total. The summed E-state index contributed by atoms with van der Waals surface area (Å²) in [6.07, 6.45) is 2.24. The summed E-state index contributed by atoms with van der Waals surface area (Å²) in [7, 11) is 0. The summed E-state index contributed by atoms with van der Waals surface area (Å²) in [5.41, 5.74) is 9.53. The van der Waals surface area contributed by atoms with Crippen LogP contribution in [0.15, 0.2) is 54.6 Å². The minimum absolute atomic E-state index is 0.609. The van der Waals surface area contributed by atoms with Gasteiger partial charge in [0.25, 0.3) is 0 Å². The summed E-state index contributed by atoms with van der Waals surface area (Å²) in [4.78, 5) is 2.45. The second kappa shape index (κ2) is 7.71. The summed E-state index contributed by atoms with van der Waals surface area (Å²) in [6, 6.07) is 19.3. The molecule has 0 aliphatic heterocycles. The topological polar surface area (TPSA) is 29.3 Å². The zero-order valence-electron chi connectivity index (χ0n) is 12.3. The zero-order valence-corrected chi connectivity index (χ0v) is 12.3. The van der Waals surface area contributed by atoms with E-state index < -0.39 is 0 Å². The van der Waals surface area contributed by atoms with Crippen molar-refractivity contribution in [3.8, 4) is 0 Å². The highest BCUT2D eigenvalue weighted by atomic mass is 15.1. The molecule has 0 heterocycles. The number of hydrogen-bond acceptors (Lipinski definition) is 2. The number of nitrogens with zero attached hydrogens (tertiary/aromatic N) is 1. The Morgan fingerprint density at radius 2 is 1.55 bits per heavy atom. The van der Waals surface area contributed by atoms with E-state index in [9.17, 15) is 0 Å². The van der Waals surface area contributed by atoms with Crippen molar-refractivity contribution in [2.75, 3.05) is 18.0 Å². The van der Waals surface area contributed by atoms with Gasteiger partial charge in [-0.3, -0.25) is 0 Å². The van der Waals surface area contributed by atoms with E-state index in [0.29, 0.717) is 6.54 Å². The average Bonchev–Trinajstić information content (AvgIpc) is 2.52. The van der Waals surface area contributed by atoms with Gasteiger partial charge in [0, 0.05) is 25.3 Å². The molecule has 0 unspecified atom stereocenters. The number of benzene rings is 2. The fourth-order valence-corrected chi connectivity index (χ4v) is 2.39. The van der Waals surface area contributed by atoms with Crippen LogP contribution in [0.1, 0.15) is 24.5 Å². The van der Waals surface area contributed by atoms with E-state index in [4.69, 9.17) is 5.73 Å². The van der Waals surface area contributed by atoms with Gasteiger partial charge < -0.3 is 10.6 Å². The molecule has 2 N–H and O–H groups in total. The standard InChI is InChI=1S/C18H24N2/c1-2-13-20(14-12-16-6-4-3-5-7-16)18-10-8-17(15-19)9-11-18/h3-11H,2,12-15,19H2,1H3. The summed E-state index contributed by atoms with van der Waals surface area (Å²) in [5, 5.41) is 0. The first-order chi connectivity index (χ1) is 9.83. The van der Waals surface area contributed by atoms with Crippen LogP contribution in [-0.4, -0.2) is 13.1 Å². The van der Waals surface area contributed by atoms with Crippen molar-refractivity contribution in [3.63, 3.8) is 0 Å². The molecule has 0 fully saturated rings. The monoisotopic (exact) mass is 268 g/mol. The first-order valence-electron chi connectivity index (χ1n) is 7.41. The van der Waals surface area contributed by atoms with E-state index in [2.05, 4.69) is 66.4 Å². The van der Waals surface area contributed by atoms with Gasteiger partial charge in [-0.15, -0.1) is 0 Å². The van der Waals surface area contributed by atoms with Crippen molar-refractivity contribution in [2.45, 2.75) is 26.3 Å². The van der Waals surface area contributed by atoms with Crippen LogP contribution in [0.4, 0.5) is 5.69 Å². The van der Waals surface area contributed by atoms with Crippen LogP contribution in [0.3, 0.4) is 0 Å². The molecule has 0 amide bonds. The maximum Gasteiger partial charge on any atom is 0.0366 e. The lowest BCUT2D eigenvalue weighted by Gasteiger charge is -2.24. The van der Waals surface area contributed by atoms with Crippen LogP contribution < -0.4 is 10.6 Å². The van der Waals surface area contributed by atoms with Crippen LogP contribution in [0, 0.1) is 0 Å². The number of nitrogens with two attached hydrogens (primary N) is 1. The minimum atomic E-state index is 0.609. The fraction of sp³-hybridized carbons (Fsp3) is 0.333. The SMILES string of the molecule is CCCN(CCc1ccccc1)c1ccc(CN)cc1. The van der Waals surface area contributed by atoms with Crippen molar-refractivity contribution in [1.82, 2.24) is 0 Å². The summed E-state index contributed by atoms with van der Waals surface area (Å²) >= 11 is 0. The van der Waals surface area contributed by atoms with E-state index in [1.165, 1.54) is 16.8 Å². The summed E-state index contributed by atoms with van der Waals surface area (Å²) in [6.45, 7) is 4.98. The molecule has 0 atom stereocenters. The van der Waals surface area contributed by atoms with Crippen LogP contribution in [0.25, 0.3) is 0 Å². The lowest BCUT2D eigenvalue weighted by molar-refractivity contribution is 0.756. The van der Waals surface area contributed by atoms with Crippen molar-refractivity contribution in [1.29, 1.82) is 0 Å². The van der Waals surface area contributed by atoms with Crippen LogP contribution in [0.2, 0.25) is 0 Å².